The summed E-state index contributed by atoms with van der Waals surface area (Å²) in [4.78, 5) is 13.0. The molecular weight excluding hydrogens is 451 g/mol. The van der Waals surface area contributed by atoms with Crippen molar-refractivity contribution in [3.63, 3.8) is 0 Å². The zero-order valence-electron chi connectivity index (χ0n) is 18.9. The van der Waals surface area contributed by atoms with E-state index in [1.165, 1.54) is 19.2 Å². The molecule has 2 aromatic carbocycles. The SMILES string of the molecule is COc1cc(COc2ccc(OC3CCCC3)c(C(F)(F)F)c2)ccc1CN1CC(C(=O)O)C1. The van der Waals surface area contributed by atoms with Crippen LogP contribution in [-0.2, 0) is 24.1 Å². The van der Waals surface area contributed by atoms with Gasteiger partial charge in [-0.2, -0.15) is 13.2 Å². The van der Waals surface area contributed by atoms with Gasteiger partial charge in [-0.05, 0) is 55.5 Å². The van der Waals surface area contributed by atoms with Gasteiger partial charge in [-0.25, -0.2) is 0 Å². The number of alkyl halides is 3. The summed E-state index contributed by atoms with van der Waals surface area (Å²) in [6.07, 6.45) is -1.25. The van der Waals surface area contributed by atoms with Gasteiger partial charge in [0, 0.05) is 25.2 Å². The minimum absolute atomic E-state index is 0.0710. The molecule has 2 fully saturated rings. The summed E-state index contributed by atoms with van der Waals surface area (Å²) in [6.45, 7) is 1.61. The molecule has 1 saturated carbocycles. The Balaban J connectivity index is 1.40. The lowest BCUT2D eigenvalue weighted by molar-refractivity contribution is -0.147. The van der Waals surface area contributed by atoms with E-state index in [1.807, 2.05) is 17.0 Å². The van der Waals surface area contributed by atoms with Crippen LogP contribution in [-0.4, -0.2) is 42.3 Å². The zero-order chi connectivity index (χ0) is 24.3. The normalized spacial score (nSPS) is 17.4. The van der Waals surface area contributed by atoms with Crippen molar-refractivity contribution in [3.8, 4) is 17.2 Å². The van der Waals surface area contributed by atoms with E-state index in [0.29, 0.717) is 25.4 Å². The summed E-state index contributed by atoms with van der Waals surface area (Å²) in [6, 6.07) is 9.29. The number of carbonyl (C=O) groups is 1. The quantitative estimate of drug-likeness (QED) is 0.538. The van der Waals surface area contributed by atoms with Gasteiger partial charge in [0.15, 0.2) is 0 Å². The number of methoxy groups -OCH3 is 1. The number of benzene rings is 2. The van der Waals surface area contributed by atoms with Gasteiger partial charge in [0.05, 0.1) is 19.1 Å². The van der Waals surface area contributed by atoms with Crippen LogP contribution in [0.1, 0.15) is 42.4 Å². The van der Waals surface area contributed by atoms with Gasteiger partial charge in [-0.3, -0.25) is 9.69 Å². The Bertz CT molecular complexity index is 1010. The van der Waals surface area contributed by atoms with Crippen LogP contribution in [0.5, 0.6) is 17.2 Å². The molecule has 0 bridgehead atoms. The maximum absolute atomic E-state index is 13.6. The molecule has 4 rings (SSSR count). The van der Waals surface area contributed by atoms with E-state index in [4.69, 9.17) is 19.3 Å². The highest BCUT2D eigenvalue weighted by molar-refractivity contribution is 5.71. The minimum Gasteiger partial charge on any atom is -0.496 e. The van der Waals surface area contributed by atoms with Crippen LogP contribution in [0.2, 0.25) is 0 Å². The Labute approximate surface area is 196 Å². The summed E-state index contributed by atoms with van der Waals surface area (Å²) >= 11 is 0. The van der Waals surface area contributed by atoms with E-state index in [-0.39, 0.29) is 30.1 Å². The Morgan fingerprint density at radius 3 is 2.47 bits per heavy atom. The lowest BCUT2D eigenvalue weighted by Crippen LogP contribution is -2.49. The number of hydrogen-bond acceptors (Lipinski definition) is 5. The van der Waals surface area contributed by atoms with Crippen molar-refractivity contribution in [1.82, 2.24) is 4.90 Å². The van der Waals surface area contributed by atoms with Crippen molar-refractivity contribution in [3.05, 3.63) is 53.1 Å². The summed E-state index contributed by atoms with van der Waals surface area (Å²) in [5.41, 5.74) is 0.814. The number of rotatable bonds is 9. The molecule has 2 aromatic rings. The molecule has 9 heteroatoms. The molecule has 184 valence electrons. The molecule has 0 amide bonds. The highest BCUT2D eigenvalue weighted by Crippen LogP contribution is 2.40. The number of carboxylic acids is 1. The van der Waals surface area contributed by atoms with Crippen molar-refractivity contribution in [2.24, 2.45) is 5.92 Å². The second-order valence-electron chi connectivity index (χ2n) is 8.84. The van der Waals surface area contributed by atoms with E-state index in [9.17, 15) is 18.0 Å². The van der Waals surface area contributed by atoms with E-state index >= 15 is 0 Å². The average Bonchev–Trinajstić information content (AvgIpc) is 3.27. The van der Waals surface area contributed by atoms with Gasteiger partial charge < -0.3 is 19.3 Å². The van der Waals surface area contributed by atoms with Crippen LogP contribution in [0.4, 0.5) is 13.2 Å². The molecule has 1 aliphatic carbocycles. The fourth-order valence-electron chi connectivity index (χ4n) is 4.38. The molecule has 0 unspecified atom stereocenters. The molecule has 0 aromatic heterocycles. The lowest BCUT2D eigenvalue weighted by Gasteiger charge is -2.36. The van der Waals surface area contributed by atoms with Gasteiger partial charge in [0.2, 0.25) is 0 Å². The largest absolute Gasteiger partial charge is 0.496 e. The standard InChI is InChI=1S/C25H28F3NO5/c1-32-23-10-16(6-7-17(23)12-29-13-18(14-29)24(30)31)15-33-20-8-9-22(21(11-20)25(26,27)28)34-19-4-2-3-5-19/h6-11,18-19H,2-5,12-15H2,1H3,(H,30,31). The van der Waals surface area contributed by atoms with Gasteiger partial charge in [0.25, 0.3) is 0 Å². The van der Waals surface area contributed by atoms with Crippen LogP contribution in [0, 0.1) is 5.92 Å². The Morgan fingerprint density at radius 1 is 1.09 bits per heavy atom. The molecule has 1 N–H and O–H groups in total. The first-order valence-electron chi connectivity index (χ1n) is 11.3. The minimum atomic E-state index is -4.55. The van der Waals surface area contributed by atoms with Crippen LogP contribution in [0.25, 0.3) is 0 Å². The molecule has 0 spiro atoms. The summed E-state index contributed by atoms with van der Waals surface area (Å²) in [5, 5.41) is 9.01. The van der Waals surface area contributed by atoms with E-state index < -0.39 is 17.7 Å². The van der Waals surface area contributed by atoms with Crippen molar-refractivity contribution in [1.29, 1.82) is 0 Å². The summed E-state index contributed by atoms with van der Waals surface area (Å²) < 4.78 is 57.6. The third kappa shape index (κ3) is 5.75. The van der Waals surface area contributed by atoms with Gasteiger partial charge >= 0.3 is 12.1 Å². The topological polar surface area (TPSA) is 68.2 Å². The number of halogens is 3. The fourth-order valence-corrected chi connectivity index (χ4v) is 4.38. The Kier molecular flexibility index (Phi) is 7.21. The first kappa shape index (κ1) is 24.2. The Morgan fingerprint density at radius 2 is 1.82 bits per heavy atom. The fraction of sp³-hybridized carbons (Fsp3) is 0.480. The lowest BCUT2D eigenvalue weighted by atomic mass is 9.99. The van der Waals surface area contributed by atoms with Gasteiger partial charge in [0.1, 0.15) is 29.4 Å². The number of likely N-dealkylation sites (tertiary alicyclic amines) is 1. The highest BCUT2D eigenvalue weighted by atomic mass is 19.4. The van der Waals surface area contributed by atoms with Crippen LogP contribution < -0.4 is 14.2 Å². The van der Waals surface area contributed by atoms with Crippen LogP contribution >= 0.6 is 0 Å². The number of carboxylic acid groups (broad SMARTS) is 1. The number of ether oxygens (including phenoxy) is 3. The predicted octanol–water partition coefficient (Wildman–Crippen LogP) is 5.13. The Hall–Kier alpha value is -2.94. The zero-order valence-corrected chi connectivity index (χ0v) is 18.9. The molecule has 2 aliphatic rings. The summed E-state index contributed by atoms with van der Waals surface area (Å²) in [7, 11) is 1.54. The molecule has 6 nitrogen and oxygen atoms in total. The van der Waals surface area contributed by atoms with Gasteiger partial charge in [-0.15, -0.1) is 0 Å². The molecule has 0 atom stereocenters. The molecule has 0 radical (unpaired) electrons. The molecule has 1 aliphatic heterocycles. The van der Waals surface area contributed by atoms with E-state index in [1.54, 1.807) is 6.07 Å². The maximum atomic E-state index is 13.6. The van der Waals surface area contributed by atoms with Crippen molar-refractivity contribution in [2.75, 3.05) is 20.2 Å². The van der Waals surface area contributed by atoms with E-state index in [0.717, 1.165) is 42.9 Å². The first-order chi connectivity index (χ1) is 16.2. The first-order valence-corrected chi connectivity index (χ1v) is 11.3. The predicted molar refractivity (Wildman–Crippen MR) is 118 cm³/mol. The molecule has 34 heavy (non-hydrogen) atoms. The molecular formula is C25H28F3NO5. The third-order valence-electron chi connectivity index (χ3n) is 6.31. The third-order valence-corrected chi connectivity index (χ3v) is 6.31. The smallest absolute Gasteiger partial charge is 0.420 e. The summed E-state index contributed by atoms with van der Waals surface area (Å²) in [5.74, 6) is -0.558. The van der Waals surface area contributed by atoms with Crippen molar-refractivity contribution >= 4 is 5.97 Å². The van der Waals surface area contributed by atoms with E-state index in [2.05, 4.69) is 0 Å². The van der Waals surface area contributed by atoms with Crippen LogP contribution in [0.15, 0.2) is 36.4 Å². The second-order valence-corrected chi connectivity index (χ2v) is 8.84. The second kappa shape index (κ2) is 10.1. The molecule has 1 saturated heterocycles. The van der Waals surface area contributed by atoms with Crippen LogP contribution in [0.3, 0.4) is 0 Å². The maximum Gasteiger partial charge on any atom is 0.420 e. The monoisotopic (exact) mass is 479 g/mol. The van der Waals surface area contributed by atoms with Gasteiger partial charge in [-0.1, -0.05) is 12.1 Å². The number of aliphatic carboxylic acids is 1. The highest BCUT2D eigenvalue weighted by Gasteiger charge is 2.36. The molecule has 1 heterocycles. The van der Waals surface area contributed by atoms with Crippen molar-refractivity contribution in [2.45, 2.75) is 51.1 Å². The average molecular weight is 479 g/mol. The number of hydrogen-bond donors (Lipinski definition) is 1. The van der Waals surface area contributed by atoms with Crippen molar-refractivity contribution < 1.29 is 37.3 Å². The number of nitrogens with zero attached hydrogens (tertiary/aromatic N) is 1.